The number of hydrazine groups is 1. The molecule has 0 aromatic carbocycles. The zero-order valence-electron chi connectivity index (χ0n) is 13.4. The van der Waals surface area contributed by atoms with Crippen molar-refractivity contribution in [3.63, 3.8) is 0 Å². The number of carbonyl (C=O) groups is 1. The molecular weight excluding hydrogens is 270 g/mol. The maximum Gasteiger partial charge on any atom is 0.268 e. The third kappa shape index (κ3) is 4.84. The average Bonchev–Trinajstić information content (AvgIpc) is 2.85. The van der Waals surface area contributed by atoms with Gasteiger partial charge in [0.25, 0.3) is 5.91 Å². The van der Waals surface area contributed by atoms with Crippen LogP contribution in [0, 0.1) is 6.92 Å². The summed E-state index contributed by atoms with van der Waals surface area (Å²) in [7, 11) is 1.70. The number of nitrogens with two attached hydrogens (primary N) is 1. The van der Waals surface area contributed by atoms with Gasteiger partial charge in [0.2, 0.25) is 0 Å². The normalized spacial score (nSPS) is 11.4. The fraction of sp³-hybridized carbons (Fsp3) is 0.667. The van der Waals surface area contributed by atoms with Gasteiger partial charge >= 0.3 is 0 Å². The number of hydrogen-bond donors (Lipinski definition) is 2. The number of rotatable bonds is 9. The first-order chi connectivity index (χ1) is 10.1. The monoisotopic (exact) mass is 297 g/mol. The number of carbonyl (C=O) groups excluding carboxylic acids is 1. The molecule has 1 aromatic rings. The van der Waals surface area contributed by atoms with Crippen molar-refractivity contribution in [3.05, 3.63) is 23.2 Å². The summed E-state index contributed by atoms with van der Waals surface area (Å²) in [6.07, 6.45) is 2.13. The fourth-order valence-corrected chi connectivity index (χ4v) is 2.53. The van der Waals surface area contributed by atoms with Gasteiger partial charge in [-0.15, -0.1) is 0 Å². The fourth-order valence-electron chi connectivity index (χ4n) is 2.53. The number of nitrogens with zero attached hydrogens (tertiary/aromatic N) is 1. The average molecular weight is 297 g/mol. The summed E-state index contributed by atoms with van der Waals surface area (Å²) in [6, 6.07) is 2.23. The first-order valence-corrected chi connectivity index (χ1v) is 7.40. The van der Waals surface area contributed by atoms with Crippen molar-refractivity contribution in [2.75, 3.05) is 20.3 Å². The van der Waals surface area contributed by atoms with Crippen molar-refractivity contribution in [2.45, 2.75) is 46.2 Å². The van der Waals surface area contributed by atoms with E-state index in [1.54, 1.807) is 20.1 Å². The molecule has 0 unspecified atom stereocenters. The van der Waals surface area contributed by atoms with E-state index in [-0.39, 0.29) is 5.91 Å². The van der Waals surface area contributed by atoms with E-state index in [4.69, 9.17) is 15.0 Å². The van der Waals surface area contributed by atoms with Crippen LogP contribution in [0.5, 0.6) is 0 Å². The topological polar surface area (TPSA) is 80.7 Å². The summed E-state index contributed by atoms with van der Waals surface area (Å²) in [5.74, 6) is 6.21. The Kier molecular flexibility index (Phi) is 7.42. The molecule has 6 heteroatoms. The number of hydrogen-bond acceptors (Lipinski definition) is 5. The van der Waals surface area contributed by atoms with Gasteiger partial charge in [0.1, 0.15) is 11.5 Å². The molecule has 1 heterocycles. The van der Waals surface area contributed by atoms with Crippen LogP contribution in [-0.2, 0) is 11.3 Å². The standard InChI is InChI=1S/C15H27N3O3/c1-5-12(6-2)18(7-8-20-4)10-13-9-14(11(3)21-13)15(19)17-16/h9,12H,5-8,10,16H2,1-4H3,(H,17,19). The van der Waals surface area contributed by atoms with Crippen LogP contribution in [0.2, 0.25) is 0 Å². The van der Waals surface area contributed by atoms with E-state index < -0.39 is 0 Å². The van der Waals surface area contributed by atoms with Crippen LogP contribution < -0.4 is 11.3 Å². The summed E-state index contributed by atoms with van der Waals surface area (Å²) in [4.78, 5) is 13.9. The van der Waals surface area contributed by atoms with E-state index in [0.29, 0.717) is 30.5 Å². The third-order valence-electron chi connectivity index (χ3n) is 3.74. The van der Waals surface area contributed by atoms with Gasteiger partial charge in [0.05, 0.1) is 18.7 Å². The van der Waals surface area contributed by atoms with Crippen molar-refractivity contribution in [1.29, 1.82) is 0 Å². The van der Waals surface area contributed by atoms with Crippen molar-refractivity contribution < 1.29 is 13.9 Å². The van der Waals surface area contributed by atoms with E-state index in [0.717, 1.165) is 25.1 Å². The number of methoxy groups -OCH3 is 1. The molecule has 21 heavy (non-hydrogen) atoms. The molecule has 1 rings (SSSR count). The molecular formula is C15H27N3O3. The maximum atomic E-state index is 11.6. The Morgan fingerprint density at radius 3 is 2.67 bits per heavy atom. The SMILES string of the molecule is CCC(CC)N(CCOC)Cc1cc(C(=O)NN)c(C)o1. The number of nitrogens with one attached hydrogen (secondary N) is 1. The Morgan fingerprint density at radius 1 is 1.48 bits per heavy atom. The summed E-state index contributed by atoms with van der Waals surface area (Å²) < 4.78 is 10.9. The lowest BCUT2D eigenvalue weighted by molar-refractivity contribution is 0.0952. The van der Waals surface area contributed by atoms with Gasteiger partial charge in [-0.2, -0.15) is 0 Å². The second-order valence-corrected chi connectivity index (χ2v) is 5.09. The molecule has 0 radical (unpaired) electrons. The highest BCUT2D eigenvalue weighted by Crippen LogP contribution is 2.19. The molecule has 0 spiro atoms. The molecule has 0 fully saturated rings. The lowest BCUT2D eigenvalue weighted by Gasteiger charge is -2.29. The second-order valence-electron chi connectivity index (χ2n) is 5.09. The summed E-state index contributed by atoms with van der Waals surface area (Å²) in [6.45, 7) is 8.29. The number of nitrogen functional groups attached to an aromatic ring is 1. The molecule has 0 saturated carbocycles. The van der Waals surface area contributed by atoms with Gasteiger partial charge in [0.15, 0.2) is 0 Å². The minimum atomic E-state index is -0.325. The molecule has 0 bridgehead atoms. The predicted octanol–water partition coefficient (Wildman–Crippen LogP) is 1.83. The van der Waals surface area contributed by atoms with Crippen molar-refractivity contribution in [1.82, 2.24) is 10.3 Å². The van der Waals surface area contributed by atoms with Crippen molar-refractivity contribution >= 4 is 5.91 Å². The van der Waals surface area contributed by atoms with Crippen LogP contribution in [0.15, 0.2) is 10.5 Å². The van der Waals surface area contributed by atoms with Crippen LogP contribution in [0.1, 0.15) is 48.6 Å². The maximum absolute atomic E-state index is 11.6. The lowest BCUT2D eigenvalue weighted by Crippen LogP contribution is -2.36. The summed E-state index contributed by atoms with van der Waals surface area (Å²) in [5.41, 5.74) is 2.63. The number of aryl methyl sites for hydroxylation is 1. The Bertz CT molecular complexity index is 441. The van der Waals surface area contributed by atoms with E-state index in [2.05, 4.69) is 24.2 Å². The molecule has 1 amide bonds. The van der Waals surface area contributed by atoms with Gasteiger partial charge in [0, 0.05) is 19.7 Å². The van der Waals surface area contributed by atoms with Gasteiger partial charge in [-0.3, -0.25) is 15.1 Å². The highest BCUT2D eigenvalue weighted by Gasteiger charge is 2.19. The second kappa shape index (κ2) is 8.81. The molecule has 0 atom stereocenters. The van der Waals surface area contributed by atoms with Gasteiger partial charge in [-0.25, -0.2) is 5.84 Å². The number of amides is 1. The van der Waals surface area contributed by atoms with Gasteiger partial charge < -0.3 is 9.15 Å². The minimum Gasteiger partial charge on any atom is -0.464 e. The first-order valence-electron chi connectivity index (χ1n) is 7.40. The Balaban J connectivity index is 2.85. The van der Waals surface area contributed by atoms with Crippen molar-refractivity contribution in [3.8, 4) is 0 Å². The Labute approximate surface area is 126 Å². The zero-order valence-corrected chi connectivity index (χ0v) is 13.4. The Morgan fingerprint density at radius 2 is 2.14 bits per heavy atom. The molecule has 0 aliphatic rings. The quantitative estimate of drug-likeness (QED) is 0.413. The third-order valence-corrected chi connectivity index (χ3v) is 3.74. The predicted molar refractivity (Wildman–Crippen MR) is 81.8 cm³/mol. The summed E-state index contributed by atoms with van der Waals surface area (Å²) >= 11 is 0. The van der Waals surface area contributed by atoms with Crippen LogP contribution in [0.3, 0.4) is 0 Å². The van der Waals surface area contributed by atoms with E-state index >= 15 is 0 Å². The van der Waals surface area contributed by atoms with Gasteiger partial charge in [-0.1, -0.05) is 13.8 Å². The number of furan rings is 1. The molecule has 1 aromatic heterocycles. The Hall–Kier alpha value is -1.37. The van der Waals surface area contributed by atoms with E-state index in [1.807, 2.05) is 0 Å². The van der Waals surface area contributed by atoms with Crippen LogP contribution in [0.25, 0.3) is 0 Å². The highest BCUT2D eigenvalue weighted by molar-refractivity contribution is 5.94. The largest absolute Gasteiger partial charge is 0.464 e. The minimum absolute atomic E-state index is 0.325. The lowest BCUT2D eigenvalue weighted by atomic mass is 10.1. The molecule has 0 aliphatic heterocycles. The smallest absolute Gasteiger partial charge is 0.268 e. The van der Waals surface area contributed by atoms with Gasteiger partial charge in [-0.05, 0) is 25.8 Å². The van der Waals surface area contributed by atoms with Crippen LogP contribution in [-0.4, -0.2) is 37.1 Å². The van der Waals surface area contributed by atoms with Crippen LogP contribution >= 0.6 is 0 Å². The highest BCUT2D eigenvalue weighted by atomic mass is 16.5. The van der Waals surface area contributed by atoms with E-state index in [1.165, 1.54) is 0 Å². The summed E-state index contributed by atoms with van der Waals surface area (Å²) in [5, 5.41) is 0. The van der Waals surface area contributed by atoms with E-state index in [9.17, 15) is 4.79 Å². The van der Waals surface area contributed by atoms with Crippen molar-refractivity contribution in [2.24, 2.45) is 5.84 Å². The first kappa shape index (κ1) is 17.7. The molecule has 6 nitrogen and oxygen atoms in total. The molecule has 0 aliphatic carbocycles. The number of ether oxygens (including phenoxy) is 1. The van der Waals surface area contributed by atoms with Crippen LogP contribution in [0.4, 0.5) is 0 Å². The molecule has 120 valence electrons. The zero-order chi connectivity index (χ0) is 15.8. The molecule has 0 saturated heterocycles. The molecule has 3 N–H and O–H groups in total.